The minimum atomic E-state index is -0.635. The van der Waals surface area contributed by atoms with Gasteiger partial charge in [-0.05, 0) is 37.3 Å². The van der Waals surface area contributed by atoms with E-state index in [9.17, 15) is 10.1 Å². The van der Waals surface area contributed by atoms with Crippen molar-refractivity contribution in [3.63, 3.8) is 0 Å². The predicted molar refractivity (Wildman–Crippen MR) is 96.3 cm³/mol. The summed E-state index contributed by atoms with van der Waals surface area (Å²) in [7, 11) is 0. The molecule has 5 nitrogen and oxygen atoms in total. The normalized spacial score (nSPS) is 11.3. The van der Waals surface area contributed by atoms with Crippen LogP contribution in [0.2, 0.25) is 5.02 Å². The van der Waals surface area contributed by atoms with Crippen molar-refractivity contribution in [3.05, 3.63) is 65.1 Å². The van der Waals surface area contributed by atoms with E-state index in [4.69, 9.17) is 16.3 Å². The summed E-state index contributed by atoms with van der Waals surface area (Å²) in [5.74, 6) is -0.635. The van der Waals surface area contributed by atoms with Crippen LogP contribution in [0.3, 0.4) is 0 Å². The van der Waals surface area contributed by atoms with E-state index in [1.807, 2.05) is 41.1 Å². The Hall–Kier alpha value is -3.10. The van der Waals surface area contributed by atoms with Gasteiger partial charge in [0.1, 0.15) is 11.6 Å². The molecular weight excluding hydrogens is 338 g/mol. The maximum atomic E-state index is 11.9. The highest BCUT2D eigenvalue weighted by Crippen LogP contribution is 2.29. The zero-order valence-electron chi connectivity index (χ0n) is 13.4. The fraction of sp³-hybridized carbons (Fsp3) is 0.105. The molecule has 0 aliphatic heterocycles. The van der Waals surface area contributed by atoms with Gasteiger partial charge in [0.2, 0.25) is 0 Å². The molecule has 2 aromatic heterocycles. The Labute approximate surface area is 149 Å². The highest BCUT2D eigenvalue weighted by atomic mass is 35.5. The van der Waals surface area contributed by atoms with Crippen LogP contribution in [0.25, 0.3) is 22.7 Å². The third kappa shape index (κ3) is 3.39. The number of ether oxygens (including phenoxy) is 1. The van der Waals surface area contributed by atoms with Crippen molar-refractivity contribution in [2.75, 3.05) is 6.61 Å². The molecule has 25 heavy (non-hydrogen) atoms. The van der Waals surface area contributed by atoms with Crippen molar-refractivity contribution in [2.45, 2.75) is 6.92 Å². The van der Waals surface area contributed by atoms with Crippen LogP contribution in [0.1, 0.15) is 12.5 Å². The Morgan fingerprint density at radius 2 is 2.12 bits per heavy atom. The lowest BCUT2D eigenvalue weighted by atomic mass is 10.1. The molecule has 0 aliphatic carbocycles. The molecule has 0 radical (unpaired) electrons. The minimum Gasteiger partial charge on any atom is -0.462 e. The van der Waals surface area contributed by atoms with E-state index < -0.39 is 5.97 Å². The minimum absolute atomic E-state index is 0.0504. The Bertz CT molecular complexity index is 1000. The fourth-order valence-electron chi connectivity index (χ4n) is 2.56. The van der Waals surface area contributed by atoms with Crippen LogP contribution in [0.5, 0.6) is 0 Å². The second-order valence-electron chi connectivity index (χ2n) is 5.21. The Morgan fingerprint density at radius 1 is 1.36 bits per heavy atom. The van der Waals surface area contributed by atoms with E-state index in [1.54, 1.807) is 25.4 Å². The molecule has 0 fully saturated rings. The number of benzene rings is 1. The first-order valence-electron chi connectivity index (χ1n) is 7.64. The number of pyridine rings is 1. The SMILES string of the molecule is CCOC(=O)/C(C#N)=C/c1cn(-c2ccncc2)c2cc(Cl)ccc12. The molecule has 0 amide bonds. The topological polar surface area (TPSA) is 67.9 Å². The number of nitriles is 1. The summed E-state index contributed by atoms with van der Waals surface area (Å²) in [5, 5.41) is 10.7. The molecule has 0 N–H and O–H groups in total. The second kappa shape index (κ2) is 7.20. The lowest BCUT2D eigenvalue weighted by Gasteiger charge is -2.04. The smallest absolute Gasteiger partial charge is 0.348 e. The van der Waals surface area contributed by atoms with Crippen molar-refractivity contribution >= 4 is 34.5 Å². The van der Waals surface area contributed by atoms with Gasteiger partial charge in [-0.3, -0.25) is 4.98 Å². The van der Waals surface area contributed by atoms with E-state index in [-0.39, 0.29) is 12.2 Å². The quantitative estimate of drug-likeness (QED) is 0.402. The maximum Gasteiger partial charge on any atom is 0.348 e. The molecule has 0 saturated carbocycles. The monoisotopic (exact) mass is 351 g/mol. The lowest BCUT2D eigenvalue weighted by Crippen LogP contribution is -2.05. The van der Waals surface area contributed by atoms with Gasteiger partial charge in [-0.1, -0.05) is 17.7 Å². The van der Waals surface area contributed by atoms with E-state index in [0.717, 1.165) is 22.2 Å². The zero-order chi connectivity index (χ0) is 17.8. The van der Waals surface area contributed by atoms with Gasteiger partial charge in [-0.2, -0.15) is 5.26 Å². The highest BCUT2D eigenvalue weighted by Gasteiger charge is 2.14. The molecule has 124 valence electrons. The first-order valence-corrected chi connectivity index (χ1v) is 8.01. The summed E-state index contributed by atoms with van der Waals surface area (Å²) in [6.45, 7) is 1.91. The van der Waals surface area contributed by atoms with Crippen LogP contribution in [-0.4, -0.2) is 22.1 Å². The number of hydrogen-bond acceptors (Lipinski definition) is 4. The largest absolute Gasteiger partial charge is 0.462 e. The number of fused-ring (bicyclic) bond motifs is 1. The lowest BCUT2D eigenvalue weighted by molar-refractivity contribution is -0.137. The molecule has 1 aromatic carbocycles. The van der Waals surface area contributed by atoms with E-state index in [0.29, 0.717) is 5.02 Å². The number of aromatic nitrogens is 2. The standard InChI is InChI=1S/C19H14ClN3O2/c1-2-25-19(24)13(11-21)9-14-12-23(16-5-7-22-8-6-16)18-10-15(20)3-4-17(14)18/h3-10,12H,2H2,1H3/b13-9+. The summed E-state index contributed by atoms with van der Waals surface area (Å²) >= 11 is 6.14. The number of esters is 1. The van der Waals surface area contributed by atoms with Gasteiger partial charge in [0.15, 0.2) is 0 Å². The van der Waals surface area contributed by atoms with Crippen LogP contribution in [0, 0.1) is 11.3 Å². The van der Waals surface area contributed by atoms with Gasteiger partial charge in [0.05, 0.1) is 12.1 Å². The van der Waals surface area contributed by atoms with E-state index in [2.05, 4.69) is 4.98 Å². The molecule has 3 aromatic rings. The predicted octanol–water partition coefficient (Wildman–Crippen LogP) is 4.15. The van der Waals surface area contributed by atoms with Crippen molar-refractivity contribution in [3.8, 4) is 11.8 Å². The van der Waals surface area contributed by atoms with Gasteiger partial charge >= 0.3 is 5.97 Å². The third-order valence-corrected chi connectivity index (χ3v) is 3.89. The summed E-state index contributed by atoms with van der Waals surface area (Å²) in [6.07, 6.45) is 6.78. The summed E-state index contributed by atoms with van der Waals surface area (Å²) < 4.78 is 6.86. The molecule has 0 unspecified atom stereocenters. The van der Waals surface area contributed by atoms with Crippen molar-refractivity contribution in [1.82, 2.24) is 9.55 Å². The number of carbonyl (C=O) groups is 1. The third-order valence-electron chi connectivity index (χ3n) is 3.66. The number of rotatable bonds is 4. The molecule has 2 heterocycles. The number of carbonyl (C=O) groups excluding carboxylic acids is 1. The Morgan fingerprint density at radius 3 is 2.80 bits per heavy atom. The zero-order valence-corrected chi connectivity index (χ0v) is 14.2. The fourth-order valence-corrected chi connectivity index (χ4v) is 2.73. The van der Waals surface area contributed by atoms with Gasteiger partial charge in [0.25, 0.3) is 0 Å². The maximum absolute atomic E-state index is 11.9. The summed E-state index contributed by atoms with van der Waals surface area (Å²) in [5.41, 5.74) is 2.45. The molecule has 0 aliphatic rings. The average Bonchev–Trinajstić information content (AvgIpc) is 2.98. The van der Waals surface area contributed by atoms with Crippen LogP contribution in [-0.2, 0) is 9.53 Å². The van der Waals surface area contributed by atoms with Crippen LogP contribution >= 0.6 is 11.6 Å². The van der Waals surface area contributed by atoms with Gasteiger partial charge in [-0.25, -0.2) is 4.79 Å². The average molecular weight is 352 g/mol. The van der Waals surface area contributed by atoms with E-state index >= 15 is 0 Å². The first kappa shape index (κ1) is 16.7. The highest BCUT2D eigenvalue weighted by molar-refractivity contribution is 6.31. The molecule has 3 rings (SSSR count). The van der Waals surface area contributed by atoms with Crippen molar-refractivity contribution in [1.29, 1.82) is 5.26 Å². The molecular formula is C19H14ClN3O2. The summed E-state index contributed by atoms with van der Waals surface area (Å²) in [6, 6.07) is 11.1. The summed E-state index contributed by atoms with van der Waals surface area (Å²) in [4.78, 5) is 15.9. The second-order valence-corrected chi connectivity index (χ2v) is 5.65. The van der Waals surface area contributed by atoms with Gasteiger partial charge in [0, 0.05) is 40.3 Å². The molecule has 0 saturated heterocycles. The van der Waals surface area contributed by atoms with Crippen molar-refractivity contribution in [2.24, 2.45) is 0 Å². The molecule has 6 heteroatoms. The van der Waals surface area contributed by atoms with Crippen molar-refractivity contribution < 1.29 is 9.53 Å². The molecule has 0 spiro atoms. The Balaban J connectivity index is 2.20. The van der Waals surface area contributed by atoms with E-state index in [1.165, 1.54) is 6.08 Å². The molecule has 0 bridgehead atoms. The number of halogens is 1. The van der Waals surface area contributed by atoms with Crippen LogP contribution < -0.4 is 0 Å². The molecule has 0 atom stereocenters. The Kier molecular flexibility index (Phi) is 4.82. The number of hydrogen-bond donors (Lipinski definition) is 0. The first-order chi connectivity index (χ1) is 12.1. The van der Waals surface area contributed by atoms with Crippen LogP contribution in [0.15, 0.2) is 54.5 Å². The van der Waals surface area contributed by atoms with Crippen LogP contribution in [0.4, 0.5) is 0 Å². The van der Waals surface area contributed by atoms with Gasteiger partial charge in [-0.15, -0.1) is 0 Å². The number of nitrogens with zero attached hydrogens (tertiary/aromatic N) is 3. The van der Waals surface area contributed by atoms with Gasteiger partial charge < -0.3 is 9.30 Å².